The second-order valence-electron chi connectivity index (χ2n) is 8.51. The molecule has 1 heterocycles. The van der Waals surface area contributed by atoms with Crippen molar-refractivity contribution < 1.29 is 9.53 Å². The van der Waals surface area contributed by atoms with Crippen LogP contribution in [0.15, 0.2) is 48.8 Å². The summed E-state index contributed by atoms with van der Waals surface area (Å²) in [4.78, 5) is 21.1. The minimum atomic E-state index is -0.203. The van der Waals surface area contributed by atoms with Crippen molar-refractivity contribution >= 4 is 23.3 Å². The third-order valence-corrected chi connectivity index (χ3v) is 6.24. The molecule has 0 bridgehead atoms. The fourth-order valence-electron chi connectivity index (χ4n) is 4.32. The Hall–Kier alpha value is -3.94. The molecule has 8 heteroatoms. The Bertz CT molecular complexity index is 1200. The van der Waals surface area contributed by atoms with Gasteiger partial charge in [-0.2, -0.15) is 0 Å². The maximum atomic E-state index is 12.6. The summed E-state index contributed by atoms with van der Waals surface area (Å²) in [6, 6.07) is 13.2. The highest BCUT2D eigenvalue weighted by Crippen LogP contribution is 2.27. The molecule has 1 amide bonds. The van der Waals surface area contributed by atoms with Crippen molar-refractivity contribution in [2.75, 3.05) is 18.2 Å². The monoisotopic (exact) mass is 458 g/mol. The molecule has 0 atom stereocenters. The first-order chi connectivity index (χ1) is 16.5. The molecule has 8 nitrogen and oxygen atoms in total. The number of nitrogens with one attached hydrogen (secondary N) is 3. The Morgan fingerprint density at radius 2 is 1.94 bits per heavy atom. The SMILES string of the molecule is COc1ccccc1C(=O)NCc1ccc(C(=N)c2c(N)ncnc2NC2CCCC2)cc1C. The Morgan fingerprint density at radius 1 is 1.18 bits per heavy atom. The number of methoxy groups -OCH3 is 1. The number of nitrogens with zero attached hydrogens (tertiary/aromatic N) is 2. The number of benzene rings is 2. The molecule has 1 aliphatic rings. The number of rotatable bonds is 8. The zero-order valence-corrected chi connectivity index (χ0v) is 19.5. The van der Waals surface area contributed by atoms with Gasteiger partial charge in [-0.3, -0.25) is 10.2 Å². The maximum absolute atomic E-state index is 12.6. The van der Waals surface area contributed by atoms with Crippen LogP contribution in [0.3, 0.4) is 0 Å². The summed E-state index contributed by atoms with van der Waals surface area (Å²) < 4.78 is 5.28. The van der Waals surface area contributed by atoms with Crippen LogP contribution in [0, 0.1) is 12.3 Å². The van der Waals surface area contributed by atoms with E-state index in [9.17, 15) is 4.79 Å². The van der Waals surface area contributed by atoms with Crippen molar-refractivity contribution in [2.24, 2.45) is 0 Å². The number of hydrogen-bond donors (Lipinski definition) is 4. The summed E-state index contributed by atoms with van der Waals surface area (Å²) in [5.41, 5.74) is 10.1. The summed E-state index contributed by atoms with van der Waals surface area (Å²) in [5.74, 6) is 1.22. The second kappa shape index (κ2) is 10.3. The predicted octanol–water partition coefficient (Wildman–Crippen LogP) is 4.08. The number of ether oxygens (including phenoxy) is 1. The summed E-state index contributed by atoms with van der Waals surface area (Å²) >= 11 is 0. The Labute approximate surface area is 199 Å². The average molecular weight is 459 g/mol. The van der Waals surface area contributed by atoms with Gasteiger partial charge in [-0.25, -0.2) is 9.97 Å². The molecular formula is C26H30N6O2. The molecule has 1 aliphatic carbocycles. The number of carbonyl (C=O) groups is 1. The van der Waals surface area contributed by atoms with Crippen LogP contribution in [0.4, 0.5) is 11.6 Å². The van der Waals surface area contributed by atoms with Gasteiger partial charge in [-0.15, -0.1) is 0 Å². The van der Waals surface area contributed by atoms with E-state index in [4.69, 9.17) is 15.9 Å². The van der Waals surface area contributed by atoms with Gasteiger partial charge < -0.3 is 21.1 Å². The lowest BCUT2D eigenvalue weighted by atomic mass is 9.98. The molecule has 4 rings (SSSR count). The van der Waals surface area contributed by atoms with E-state index in [1.54, 1.807) is 25.3 Å². The molecule has 1 saturated carbocycles. The van der Waals surface area contributed by atoms with Gasteiger partial charge in [-0.05, 0) is 49.1 Å². The number of nitrogens with two attached hydrogens (primary N) is 1. The van der Waals surface area contributed by atoms with Crippen molar-refractivity contribution in [3.8, 4) is 5.75 Å². The van der Waals surface area contributed by atoms with E-state index in [0.29, 0.717) is 40.8 Å². The van der Waals surface area contributed by atoms with Gasteiger partial charge >= 0.3 is 0 Å². The van der Waals surface area contributed by atoms with Gasteiger partial charge in [-0.1, -0.05) is 37.1 Å². The van der Waals surface area contributed by atoms with Crippen molar-refractivity contribution in [3.05, 3.63) is 76.6 Å². The Kier molecular flexibility index (Phi) is 7.06. The lowest BCUT2D eigenvalue weighted by Gasteiger charge is -2.18. The van der Waals surface area contributed by atoms with Crippen LogP contribution >= 0.6 is 0 Å². The number of carbonyl (C=O) groups excluding carboxylic acids is 1. The van der Waals surface area contributed by atoms with Crippen LogP contribution in [0.25, 0.3) is 0 Å². The molecule has 176 valence electrons. The number of anilines is 2. The third kappa shape index (κ3) is 5.01. The van der Waals surface area contributed by atoms with Crippen molar-refractivity contribution in [3.63, 3.8) is 0 Å². The molecule has 1 aromatic heterocycles. The molecule has 2 aromatic carbocycles. The lowest BCUT2D eigenvalue weighted by Crippen LogP contribution is -2.24. The molecular weight excluding hydrogens is 428 g/mol. The van der Waals surface area contributed by atoms with Crippen LogP contribution in [0.5, 0.6) is 5.75 Å². The summed E-state index contributed by atoms with van der Waals surface area (Å²) in [5, 5.41) is 15.2. The van der Waals surface area contributed by atoms with Crippen LogP contribution in [0.1, 0.15) is 58.3 Å². The lowest BCUT2D eigenvalue weighted by molar-refractivity contribution is 0.0948. The first-order valence-electron chi connectivity index (χ1n) is 11.4. The highest BCUT2D eigenvalue weighted by molar-refractivity contribution is 6.16. The minimum absolute atomic E-state index is 0.203. The fraction of sp³-hybridized carbons (Fsp3) is 0.308. The first-order valence-corrected chi connectivity index (χ1v) is 11.4. The largest absolute Gasteiger partial charge is 0.496 e. The number of para-hydroxylation sites is 1. The average Bonchev–Trinajstić information content (AvgIpc) is 3.36. The van der Waals surface area contributed by atoms with Crippen molar-refractivity contribution in [2.45, 2.75) is 45.2 Å². The highest BCUT2D eigenvalue weighted by Gasteiger charge is 2.21. The van der Waals surface area contributed by atoms with E-state index in [2.05, 4.69) is 20.6 Å². The van der Waals surface area contributed by atoms with Crippen LogP contribution in [-0.2, 0) is 6.54 Å². The molecule has 1 fully saturated rings. The molecule has 0 spiro atoms. The second-order valence-corrected chi connectivity index (χ2v) is 8.51. The zero-order chi connectivity index (χ0) is 24.1. The molecule has 3 aromatic rings. The summed E-state index contributed by atoms with van der Waals surface area (Å²) in [6.07, 6.45) is 6.00. The van der Waals surface area contributed by atoms with Crippen LogP contribution < -0.4 is 21.1 Å². The number of hydrogen-bond acceptors (Lipinski definition) is 7. The molecule has 0 radical (unpaired) electrons. The van der Waals surface area contributed by atoms with Crippen molar-refractivity contribution in [1.29, 1.82) is 5.41 Å². The number of aryl methyl sites for hydroxylation is 1. The van der Waals surface area contributed by atoms with Gasteiger partial charge in [0.15, 0.2) is 0 Å². The zero-order valence-electron chi connectivity index (χ0n) is 19.5. The molecule has 5 N–H and O–H groups in total. The van der Waals surface area contributed by atoms with Gasteiger partial charge in [0.1, 0.15) is 23.7 Å². The summed E-state index contributed by atoms with van der Waals surface area (Å²) in [6.45, 7) is 2.32. The first kappa shape index (κ1) is 23.2. The van der Waals surface area contributed by atoms with Gasteiger partial charge in [0, 0.05) is 18.2 Å². The van der Waals surface area contributed by atoms with Crippen LogP contribution in [-0.4, -0.2) is 34.7 Å². The van der Waals surface area contributed by atoms with E-state index >= 15 is 0 Å². The van der Waals surface area contributed by atoms with Crippen LogP contribution in [0.2, 0.25) is 0 Å². The Balaban J connectivity index is 1.50. The summed E-state index contributed by atoms with van der Waals surface area (Å²) in [7, 11) is 1.54. The standard InChI is InChI=1S/C26H30N6O2/c1-16-13-17(11-12-18(16)14-29-26(33)20-9-5-6-10-21(20)34-2)23(27)22-24(28)30-15-31-25(22)32-19-7-3-4-8-19/h5-6,9-13,15,19,27H,3-4,7-8,14H2,1-2H3,(H,29,33)(H3,28,30,31,32). The van der Waals surface area contributed by atoms with E-state index in [1.165, 1.54) is 19.2 Å². The fourth-order valence-corrected chi connectivity index (χ4v) is 4.32. The minimum Gasteiger partial charge on any atom is -0.496 e. The van der Waals surface area contributed by atoms with E-state index in [0.717, 1.165) is 24.0 Å². The number of aromatic nitrogens is 2. The number of amides is 1. The maximum Gasteiger partial charge on any atom is 0.255 e. The normalized spacial score (nSPS) is 13.5. The third-order valence-electron chi connectivity index (χ3n) is 6.24. The molecule has 34 heavy (non-hydrogen) atoms. The predicted molar refractivity (Wildman–Crippen MR) is 134 cm³/mol. The highest BCUT2D eigenvalue weighted by atomic mass is 16.5. The van der Waals surface area contributed by atoms with Crippen molar-refractivity contribution in [1.82, 2.24) is 15.3 Å². The van der Waals surface area contributed by atoms with E-state index in [-0.39, 0.29) is 17.4 Å². The molecule has 0 aliphatic heterocycles. The Morgan fingerprint density at radius 3 is 2.68 bits per heavy atom. The molecule has 0 saturated heterocycles. The smallest absolute Gasteiger partial charge is 0.255 e. The quantitative estimate of drug-likeness (QED) is 0.377. The topological polar surface area (TPSA) is 126 Å². The van der Waals surface area contributed by atoms with Gasteiger partial charge in [0.05, 0.1) is 23.9 Å². The van der Waals surface area contributed by atoms with Gasteiger partial charge in [0.2, 0.25) is 0 Å². The number of nitrogen functional groups attached to an aromatic ring is 1. The van der Waals surface area contributed by atoms with E-state index in [1.807, 2.05) is 31.2 Å². The van der Waals surface area contributed by atoms with Gasteiger partial charge in [0.25, 0.3) is 5.91 Å². The molecule has 0 unspecified atom stereocenters. The van der Waals surface area contributed by atoms with E-state index < -0.39 is 0 Å².